The predicted molar refractivity (Wildman–Crippen MR) is 96.7 cm³/mol. The minimum Gasteiger partial charge on any atom is -0.383 e. The van der Waals surface area contributed by atoms with E-state index < -0.39 is 0 Å². The highest BCUT2D eigenvalue weighted by Crippen LogP contribution is 2.17. The minimum absolute atomic E-state index is 0.189. The van der Waals surface area contributed by atoms with E-state index in [1.165, 1.54) is 17.4 Å². The zero-order valence-corrected chi connectivity index (χ0v) is 14.2. The number of aromatic nitrogens is 1. The third-order valence-electron chi connectivity index (χ3n) is 3.47. The summed E-state index contributed by atoms with van der Waals surface area (Å²) in [4.78, 5) is 6.32. The van der Waals surface area contributed by atoms with E-state index in [-0.39, 0.29) is 5.82 Å². The van der Waals surface area contributed by atoms with Gasteiger partial charge in [0.2, 0.25) is 5.13 Å². The van der Waals surface area contributed by atoms with E-state index in [0.717, 1.165) is 30.2 Å². The zero-order valence-electron chi connectivity index (χ0n) is 12.5. The molecule has 122 valence electrons. The summed E-state index contributed by atoms with van der Waals surface area (Å²) < 4.78 is 14.2. The molecule has 1 aliphatic heterocycles. The molecule has 0 atom stereocenters. The lowest BCUT2D eigenvalue weighted by Crippen LogP contribution is -2.32. The van der Waals surface area contributed by atoms with E-state index in [1.54, 1.807) is 11.6 Å². The fraction of sp³-hybridized carbons (Fsp3) is 0.333. The van der Waals surface area contributed by atoms with Crippen molar-refractivity contribution in [3.05, 3.63) is 40.5 Å². The third-order valence-corrected chi connectivity index (χ3v) is 5.18. The summed E-state index contributed by atoms with van der Waals surface area (Å²) in [6.45, 7) is 2.71. The Morgan fingerprint density at radius 1 is 1.39 bits per heavy atom. The van der Waals surface area contributed by atoms with Crippen LogP contribution in [0.15, 0.2) is 28.7 Å². The molecule has 1 saturated heterocycles. The van der Waals surface area contributed by atoms with Crippen molar-refractivity contribution in [2.75, 3.05) is 35.8 Å². The lowest BCUT2D eigenvalue weighted by molar-refractivity contribution is 0.290. The molecule has 2 aromatic rings. The molecule has 0 unspecified atom stereocenters. The number of anilines is 2. The smallest absolute Gasteiger partial charge is 0.205 e. The molecule has 0 radical (unpaired) electrons. The maximum Gasteiger partial charge on any atom is 0.205 e. The second-order valence-electron chi connectivity index (χ2n) is 5.19. The second-order valence-corrected chi connectivity index (χ2v) is 7.27. The van der Waals surface area contributed by atoms with E-state index >= 15 is 0 Å². The van der Waals surface area contributed by atoms with Gasteiger partial charge >= 0.3 is 0 Å². The molecule has 0 amide bonds. The first-order chi connectivity index (χ1) is 11.2. The van der Waals surface area contributed by atoms with Gasteiger partial charge in [0.1, 0.15) is 11.6 Å². The van der Waals surface area contributed by atoms with Gasteiger partial charge < -0.3 is 5.73 Å². The lowest BCUT2D eigenvalue weighted by atomic mass is 10.1. The first-order valence-corrected chi connectivity index (χ1v) is 9.33. The highest BCUT2D eigenvalue weighted by atomic mass is 32.2. The van der Waals surface area contributed by atoms with Gasteiger partial charge in [0.15, 0.2) is 0 Å². The Labute approximate surface area is 142 Å². The van der Waals surface area contributed by atoms with Gasteiger partial charge in [-0.25, -0.2) is 9.37 Å². The Hall–Kier alpha value is -1.64. The molecule has 1 aliphatic rings. The third kappa shape index (κ3) is 4.66. The molecule has 3 N–H and O–H groups in total. The van der Waals surface area contributed by atoms with Crippen molar-refractivity contribution in [3.63, 3.8) is 0 Å². The Morgan fingerprint density at radius 2 is 2.22 bits per heavy atom. The molecular formula is C15H18FN5S2. The van der Waals surface area contributed by atoms with Crippen LogP contribution in [-0.4, -0.2) is 40.7 Å². The molecule has 1 aromatic heterocycles. The summed E-state index contributed by atoms with van der Waals surface area (Å²) in [6.07, 6.45) is 1.57. The van der Waals surface area contributed by atoms with Crippen LogP contribution in [0.25, 0.3) is 0 Å². The summed E-state index contributed by atoms with van der Waals surface area (Å²) in [6, 6.07) is 5.22. The van der Waals surface area contributed by atoms with Gasteiger partial charge in [0.05, 0.1) is 6.21 Å². The van der Waals surface area contributed by atoms with E-state index in [4.69, 9.17) is 5.73 Å². The van der Waals surface area contributed by atoms with Crippen LogP contribution in [0.1, 0.15) is 11.1 Å². The van der Waals surface area contributed by atoms with Crippen LogP contribution in [0.5, 0.6) is 0 Å². The predicted octanol–water partition coefficient (Wildman–Crippen LogP) is 2.86. The van der Waals surface area contributed by atoms with Crippen LogP contribution in [0.3, 0.4) is 0 Å². The summed E-state index contributed by atoms with van der Waals surface area (Å²) in [5.41, 5.74) is 9.74. The lowest BCUT2D eigenvalue weighted by Gasteiger charge is -2.26. The number of nitrogen functional groups attached to an aromatic ring is 1. The molecule has 2 heterocycles. The number of halogens is 1. The van der Waals surface area contributed by atoms with Crippen molar-refractivity contribution < 1.29 is 4.39 Å². The zero-order chi connectivity index (χ0) is 16.1. The van der Waals surface area contributed by atoms with Crippen molar-refractivity contribution in [2.24, 2.45) is 5.10 Å². The first kappa shape index (κ1) is 16.2. The Morgan fingerprint density at radius 3 is 2.91 bits per heavy atom. The first-order valence-electron chi connectivity index (χ1n) is 7.29. The number of thioether (sulfide) groups is 1. The molecule has 5 nitrogen and oxygen atoms in total. The maximum absolute atomic E-state index is 14.2. The largest absolute Gasteiger partial charge is 0.383 e. The number of hydrogen-bond donors (Lipinski definition) is 2. The van der Waals surface area contributed by atoms with Gasteiger partial charge in [-0.3, -0.25) is 10.3 Å². The topological polar surface area (TPSA) is 66.5 Å². The van der Waals surface area contributed by atoms with E-state index in [1.807, 2.05) is 23.9 Å². The number of thiazole rings is 1. The number of hydrazone groups is 1. The molecule has 0 aliphatic carbocycles. The number of nitrogens with zero attached hydrogens (tertiary/aromatic N) is 3. The van der Waals surface area contributed by atoms with E-state index in [2.05, 4.69) is 20.4 Å². The van der Waals surface area contributed by atoms with Crippen molar-refractivity contribution in [1.29, 1.82) is 0 Å². The highest BCUT2D eigenvalue weighted by molar-refractivity contribution is 7.99. The van der Waals surface area contributed by atoms with Crippen molar-refractivity contribution in [2.45, 2.75) is 6.54 Å². The average Bonchev–Trinajstić information content (AvgIpc) is 2.96. The molecule has 0 bridgehead atoms. The van der Waals surface area contributed by atoms with Gasteiger partial charge in [-0.1, -0.05) is 12.1 Å². The standard InChI is InChI=1S/C15H18FN5S2/c16-13-7-11(8-18-20-15-19-14(17)10-23-15)1-2-12(13)9-21-3-5-22-6-4-21/h1-2,7-8,10H,3-6,9,17H2,(H,19,20). The van der Waals surface area contributed by atoms with E-state index in [9.17, 15) is 4.39 Å². The van der Waals surface area contributed by atoms with Gasteiger partial charge in [-0.05, 0) is 11.6 Å². The highest BCUT2D eigenvalue weighted by Gasteiger charge is 2.13. The number of nitrogens with two attached hydrogens (primary N) is 1. The summed E-state index contributed by atoms with van der Waals surface area (Å²) >= 11 is 3.32. The van der Waals surface area contributed by atoms with Gasteiger partial charge in [0.25, 0.3) is 0 Å². The molecular weight excluding hydrogens is 333 g/mol. The summed E-state index contributed by atoms with van der Waals surface area (Å²) in [7, 11) is 0. The second kappa shape index (κ2) is 7.76. The maximum atomic E-state index is 14.2. The summed E-state index contributed by atoms with van der Waals surface area (Å²) in [5, 5.41) is 6.39. The Kier molecular flexibility index (Phi) is 5.47. The molecule has 1 aromatic carbocycles. The minimum atomic E-state index is -0.189. The van der Waals surface area contributed by atoms with Crippen molar-refractivity contribution in [1.82, 2.24) is 9.88 Å². The van der Waals surface area contributed by atoms with Crippen molar-refractivity contribution >= 4 is 40.3 Å². The van der Waals surface area contributed by atoms with Crippen LogP contribution in [0.4, 0.5) is 15.3 Å². The van der Waals surface area contributed by atoms with Crippen LogP contribution in [-0.2, 0) is 6.54 Å². The van der Waals surface area contributed by atoms with Crippen molar-refractivity contribution in [3.8, 4) is 0 Å². The number of rotatable bonds is 5. The summed E-state index contributed by atoms with van der Waals surface area (Å²) in [5.74, 6) is 2.52. The van der Waals surface area contributed by atoms with Gasteiger partial charge in [-0.15, -0.1) is 11.3 Å². The quantitative estimate of drug-likeness (QED) is 0.640. The monoisotopic (exact) mass is 351 g/mol. The normalized spacial score (nSPS) is 16.0. The molecule has 0 saturated carbocycles. The van der Waals surface area contributed by atoms with Gasteiger partial charge in [-0.2, -0.15) is 16.9 Å². The van der Waals surface area contributed by atoms with Crippen LogP contribution in [0.2, 0.25) is 0 Å². The molecule has 0 spiro atoms. The van der Waals surface area contributed by atoms with Crippen LogP contribution < -0.4 is 11.2 Å². The number of hydrogen-bond acceptors (Lipinski definition) is 7. The van der Waals surface area contributed by atoms with Crippen LogP contribution >= 0.6 is 23.1 Å². The SMILES string of the molecule is Nc1csc(NN=Cc2ccc(CN3CCSCC3)c(F)c2)n1. The molecule has 8 heteroatoms. The average molecular weight is 351 g/mol. The number of benzene rings is 1. The molecule has 23 heavy (non-hydrogen) atoms. The Bertz CT molecular complexity index is 682. The Balaban J connectivity index is 1.59. The van der Waals surface area contributed by atoms with Crippen LogP contribution in [0, 0.1) is 5.82 Å². The van der Waals surface area contributed by atoms with Gasteiger partial charge in [0, 0.05) is 42.1 Å². The fourth-order valence-electron chi connectivity index (χ4n) is 2.27. The fourth-order valence-corrected chi connectivity index (χ4v) is 3.80. The number of nitrogens with one attached hydrogen (secondary N) is 1. The molecule has 1 fully saturated rings. The van der Waals surface area contributed by atoms with E-state index in [0.29, 0.717) is 23.1 Å². The molecule has 3 rings (SSSR count).